The summed E-state index contributed by atoms with van der Waals surface area (Å²) in [6, 6.07) is 17.5. The second-order valence-corrected chi connectivity index (χ2v) is 4.33. The van der Waals surface area contributed by atoms with Gasteiger partial charge in [-0.15, -0.1) is 0 Å². The van der Waals surface area contributed by atoms with Crippen molar-refractivity contribution in [2.75, 3.05) is 6.61 Å². The minimum absolute atomic E-state index is 0.443. The molecule has 0 bridgehead atoms. The van der Waals surface area contributed by atoms with Gasteiger partial charge in [0.2, 0.25) is 0 Å². The standard InChI is InChI=1S/C16H14ClNO/c17-16-10-8-15(9-11-16)13-18-19-12-4-7-14-5-2-1-3-6-14/h1-11,13H,12H2/b7-4+,18-13-. The van der Waals surface area contributed by atoms with Gasteiger partial charge in [0.05, 0.1) is 6.21 Å². The van der Waals surface area contributed by atoms with Gasteiger partial charge in [-0.05, 0) is 29.3 Å². The normalized spacial score (nSPS) is 11.2. The Morgan fingerprint density at radius 3 is 2.42 bits per heavy atom. The maximum Gasteiger partial charge on any atom is 0.135 e. The lowest BCUT2D eigenvalue weighted by molar-refractivity contribution is 0.177. The largest absolute Gasteiger partial charge is 0.392 e. The van der Waals surface area contributed by atoms with E-state index in [2.05, 4.69) is 5.16 Å². The van der Waals surface area contributed by atoms with E-state index in [0.717, 1.165) is 11.1 Å². The molecule has 3 heteroatoms. The fourth-order valence-corrected chi connectivity index (χ4v) is 1.61. The third-order valence-corrected chi connectivity index (χ3v) is 2.68. The molecule has 0 fully saturated rings. The lowest BCUT2D eigenvalue weighted by atomic mass is 10.2. The molecular weight excluding hydrogens is 258 g/mol. The van der Waals surface area contributed by atoms with Crippen molar-refractivity contribution in [2.24, 2.45) is 5.16 Å². The Hall–Kier alpha value is -2.06. The average molecular weight is 272 g/mol. The first-order valence-electron chi connectivity index (χ1n) is 5.97. The van der Waals surface area contributed by atoms with Gasteiger partial charge in [-0.2, -0.15) is 0 Å². The smallest absolute Gasteiger partial charge is 0.135 e. The zero-order valence-electron chi connectivity index (χ0n) is 10.4. The van der Waals surface area contributed by atoms with Gasteiger partial charge in [-0.1, -0.05) is 65.3 Å². The predicted molar refractivity (Wildman–Crippen MR) is 80.5 cm³/mol. The molecule has 0 radical (unpaired) electrons. The summed E-state index contributed by atoms with van der Waals surface area (Å²) in [7, 11) is 0. The van der Waals surface area contributed by atoms with Crippen LogP contribution < -0.4 is 0 Å². The van der Waals surface area contributed by atoms with Crippen LogP contribution in [0.5, 0.6) is 0 Å². The quantitative estimate of drug-likeness (QED) is 0.449. The molecule has 0 unspecified atom stereocenters. The summed E-state index contributed by atoms with van der Waals surface area (Å²) in [4.78, 5) is 5.14. The molecule has 2 aromatic carbocycles. The monoisotopic (exact) mass is 271 g/mol. The number of benzene rings is 2. The van der Waals surface area contributed by atoms with Crippen LogP contribution >= 0.6 is 11.6 Å². The Morgan fingerprint density at radius 2 is 1.68 bits per heavy atom. The van der Waals surface area contributed by atoms with E-state index in [1.165, 1.54) is 0 Å². The van der Waals surface area contributed by atoms with E-state index in [1.54, 1.807) is 6.21 Å². The molecule has 0 spiro atoms. The van der Waals surface area contributed by atoms with Gasteiger partial charge >= 0.3 is 0 Å². The molecule has 0 amide bonds. The van der Waals surface area contributed by atoms with Crippen LogP contribution in [0.3, 0.4) is 0 Å². The van der Waals surface area contributed by atoms with Crippen LogP contribution in [0.25, 0.3) is 6.08 Å². The van der Waals surface area contributed by atoms with Crippen molar-refractivity contribution < 1.29 is 4.84 Å². The van der Waals surface area contributed by atoms with Crippen LogP contribution in [-0.2, 0) is 4.84 Å². The van der Waals surface area contributed by atoms with Crippen molar-refractivity contribution in [2.45, 2.75) is 0 Å². The highest BCUT2D eigenvalue weighted by Crippen LogP contribution is 2.07. The molecule has 0 N–H and O–H groups in total. The van der Waals surface area contributed by atoms with Crippen LogP contribution in [0.2, 0.25) is 5.02 Å². The number of rotatable bonds is 5. The van der Waals surface area contributed by atoms with Crippen LogP contribution in [-0.4, -0.2) is 12.8 Å². The number of halogens is 1. The molecular formula is C16H14ClNO. The lowest BCUT2D eigenvalue weighted by Crippen LogP contribution is -1.85. The first-order chi connectivity index (χ1) is 9.34. The Bertz CT molecular complexity index is 547. The molecule has 0 aromatic heterocycles. The summed E-state index contributed by atoms with van der Waals surface area (Å²) in [5.41, 5.74) is 2.10. The topological polar surface area (TPSA) is 21.6 Å². The Labute approximate surface area is 118 Å². The van der Waals surface area contributed by atoms with Gasteiger partial charge in [0.25, 0.3) is 0 Å². The fourth-order valence-electron chi connectivity index (χ4n) is 1.48. The lowest BCUT2D eigenvalue weighted by Gasteiger charge is -1.95. The van der Waals surface area contributed by atoms with Gasteiger partial charge in [-0.25, -0.2) is 0 Å². The van der Waals surface area contributed by atoms with E-state index in [0.29, 0.717) is 11.6 Å². The minimum Gasteiger partial charge on any atom is -0.392 e. The molecule has 0 heterocycles. The van der Waals surface area contributed by atoms with Gasteiger partial charge in [0.15, 0.2) is 0 Å². The Kier molecular flexibility index (Phi) is 5.20. The Balaban J connectivity index is 1.75. The maximum absolute atomic E-state index is 5.79. The second kappa shape index (κ2) is 7.39. The molecule has 0 atom stereocenters. The predicted octanol–water partition coefficient (Wildman–Crippen LogP) is 4.40. The summed E-state index contributed by atoms with van der Waals surface area (Å²) in [6.07, 6.45) is 5.58. The molecule has 0 aliphatic rings. The molecule has 2 aromatic rings. The van der Waals surface area contributed by atoms with E-state index in [9.17, 15) is 0 Å². The van der Waals surface area contributed by atoms with E-state index in [1.807, 2.05) is 66.7 Å². The van der Waals surface area contributed by atoms with Crippen molar-refractivity contribution in [3.8, 4) is 0 Å². The Morgan fingerprint density at radius 1 is 0.947 bits per heavy atom. The summed E-state index contributed by atoms with van der Waals surface area (Å²) in [6.45, 7) is 0.443. The fraction of sp³-hybridized carbons (Fsp3) is 0.0625. The van der Waals surface area contributed by atoms with E-state index >= 15 is 0 Å². The molecule has 0 saturated heterocycles. The minimum atomic E-state index is 0.443. The van der Waals surface area contributed by atoms with Crippen molar-refractivity contribution in [3.63, 3.8) is 0 Å². The summed E-state index contributed by atoms with van der Waals surface area (Å²) >= 11 is 5.79. The van der Waals surface area contributed by atoms with Crippen LogP contribution in [0.1, 0.15) is 11.1 Å². The SMILES string of the molecule is Clc1ccc(/C=N\OC/C=C/c2ccccc2)cc1. The van der Waals surface area contributed by atoms with Crippen LogP contribution in [0, 0.1) is 0 Å². The van der Waals surface area contributed by atoms with Gasteiger partial charge in [-0.3, -0.25) is 0 Å². The molecule has 19 heavy (non-hydrogen) atoms. The van der Waals surface area contributed by atoms with Gasteiger partial charge in [0, 0.05) is 5.02 Å². The third kappa shape index (κ3) is 4.98. The highest BCUT2D eigenvalue weighted by molar-refractivity contribution is 6.30. The molecule has 2 nitrogen and oxygen atoms in total. The molecule has 2 rings (SSSR count). The number of hydrogen-bond acceptors (Lipinski definition) is 2. The maximum atomic E-state index is 5.79. The van der Waals surface area contributed by atoms with Crippen LogP contribution in [0.4, 0.5) is 0 Å². The zero-order valence-corrected chi connectivity index (χ0v) is 11.1. The van der Waals surface area contributed by atoms with E-state index in [4.69, 9.17) is 16.4 Å². The molecule has 96 valence electrons. The first-order valence-corrected chi connectivity index (χ1v) is 6.35. The summed E-state index contributed by atoms with van der Waals surface area (Å²) in [5, 5.41) is 4.60. The number of oxime groups is 1. The van der Waals surface area contributed by atoms with Crippen LogP contribution in [0.15, 0.2) is 65.8 Å². The van der Waals surface area contributed by atoms with Crippen molar-refractivity contribution in [1.29, 1.82) is 0 Å². The number of nitrogens with zero attached hydrogens (tertiary/aromatic N) is 1. The number of hydrogen-bond donors (Lipinski definition) is 0. The molecule has 0 aliphatic heterocycles. The summed E-state index contributed by atoms with van der Waals surface area (Å²) < 4.78 is 0. The zero-order chi connectivity index (χ0) is 13.3. The second-order valence-electron chi connectivity index (χ2n) is 3.89. The molecule has 0 saturated carbocycles. The van der Waals surface area contributed by atoms with Gasteiger partial charge < -0.3 is 4.84 Å². The molecule has 0 aliphatic carbocycles. The highest BCUT2D eigenvalue weighted by atomic mass is 35.5. The van der Waals surface area contributed by atoms with Gasteiger partial charge in [0.1, 0.15) is 6.61 Å². The van der Waals surface area contributed by atoms with Crippen molar-refractivity contribution >= 4 is 23.9 Å². The average Bonchev–Trinajstić information content (AvgIpc) is 2.46. The van der Waals surface area contributed by atoms with E-state index in [-0.39, 0.29) is 0 Å². The summed E-state index contributed by atoms with van der Waals surface area (Å²) in [5.74, 6) is 0. The highest BCUT2D eigenvalue weighted by Gasteiger charge is 1.88. The van der Waals surface area contributed by atoms with Crippen molar-refractivity contribution in [3.05, 3.63) is 76.8 Å². The van der Waals surface area contributed by atoms with E-state index < -0.39 is 0 Å². The van der Waals surface area contributed by atoms with Crippen molar-refractivity contribution in [1.82, 2.24) is 0 Å². The third-order valence-electron chi connectivity index (χ3n) is 2.43. The first kappa shape index (κ1) is 13.4.